The van der Waals surface area contributed by atoms with E-state index in [1.165, 1.54) is 0 Å². The van der Waals surface area contributed by atoms with Crippen LogP contribution in [0.15, 0.2) is 30.3 Å². The number of hydrogen-bond donors (Lipinski definition) is 0. The fourth-order valence-electron chi connectivity index (χ4n) is 2.00. The number of piperazine rings is 1. The third-order valence-electron chi connectivity index (χ3n) is 3.25. The first-order chi connectivity index (χ1) is 8.75. The first kappa shape index (κ1) is 13.1. The van der Waals surface area contributed by atoms with E-state index in [1.54, 1.807) is 12.1 Å². The van der Waals surface area contributed by atoms with Crippen molar-refractivity contribution < 1.29 is 9.53 Å². The Bertz CT molecular complexity index is 373. The predicted octanol–water partition coefficient (Wildman–Crippen LogP) is 1.09. The molecular weight excluding hydrogens is 228 g/mol. The normalized spacial score (nSPS) is 17.6. The molecule has 0 radical (unpaired) electrons. The molecule has 0 spiro atoms. The lowest BCUT2D eigenvalue weighted by atomic mass is 10.2. The number of nitrogens with zero attached hydrogens (tertiary/aromatic N) is 2. The second-order valence-electron chi connectivity index (χ2n) is 4.65. The molecule has 0 atom stereocenters. The van der Waals surface area contributed by atoms with Gasteiger partial charge in [0.25, 0.3) is 0 Å². The molecule has 0 amide bonds. The molecule has 0 aromatic heterocycles. The molecule has 1 aromatic rings. The lowest BCUT2D eigenvalue weighted by Gasteiger charge is -2.32. The Hall–Kier alpha value is -1.39. The summed E-state index contributed by atoms with van der Waals surface area (Å²) in [5.74, 6) is -0.232. The molecule has 0 aliphatic carbocycles. The fourth-order valence-corrected chi connectivity index (χ4v) is 2.00. The maximum absolute atomic E-state index is 11.7. The van der Waals surface area contributed by atoms with Crippen molar-refractivity contribution in [3.63, 3.8) is 0 Å². The van der Waals surface area contributed by atoms with E-state index in [4.69, 9.17) is 4.74 Å². The summed E-state index contributed by atoms with van der Waals surface area (Å²) in [4.78, 5) is 16.3. The van der Waals surface area contributed by atoms with E-state index in [9.17, 15) is 4.79 Å². The van der Waals surface area contributed by atoms with Crippen LogP contribution in [0.3, 0.4) is 0 Å². The van der Waals surface area contributed by atoms with Crippen LogP contribution in [0, 0.1) is 0 Å². The largest absolute Gasteiger partial charge is 0.461 e. The van der Waals surface area contributed by atoms with Crippen LogP contribution in [0.2, 0.25) is 0 Å². The zero-order valence-corrected chi connectivity index (χ0v) is 10.8. The van der Waals surface area contributed by atoms with E-state index in [1.807, 2.05) is 18.2 Å². The Kier molecular flexibility index (Phi) is 4.73. The van der Waals surface area contributed by atoms with Gasteiger partial charge in [-0.1, -0.05) is 18.2 Å². The Morgan fingerprint density at radius 3 is 2.50 bits per heavy atom. The average Bonchev–Trinajstić information content (AvgIpc) is 2.42. The summed E-state index contributed by atoms with van der Waals surface area (Å²) in [6.45, 7) is 5.59. The summed E-state index contributed by atoms with van der Waals surface area (Å²) >= 11 is 0. The van der Waals surface area contributed by atoms with Crippen LogP contribution in [-0.2, 0) is 4.74 Å². The number of carbonyl (C=O) groups is 1. The van der Waals surface area contributed by atoms with Gasteiger partial charge >= 0.3 is 5.97 Å². The average molecular weight is 248 g/mol. The zero-order valence-electron chi connectivity index (χ0n) is 10.8. The summed E-state index contributed by atoms with van der Waals surface area (Å²) < 4.78 is 5.26. The Balaban J connectivity index is 1.68. The number of carbonyl (C=O) groups excluding carboxylic acids is 1. The van der Waals surface area contributed by atoms with Gasteiger partial charge in [-0.2, -0.15) is 0 Å². The molecule has 2 rings (SSSR count). The van der Waals surface area contributed by atoms with Gasteiger partial charge < -0.3 is 9.64 Å². The van der Waals surface area contributed by atoms with Crippen LogP contribution in [0.1, 0.15) is 10.4 Å². The minimum absolute atomic E-state index is 0.232. The molecule has 1 saturated heterocycles. The topological polar surface area (TPSA) is 32.8 Å². The highest BCUT2D eigenvalue weighted by Gasteiger charge is 2.14. The molecule has 1 fully saturated rings. The minimum Gasteiger partial charge on any atom is -0.461 e. The highest BCUT2D eigenvalue weighted by Crippen LogP contribution is 2.02. The molecular formula is C14H20N2O2. The maximum atomic E-state index is 11.7. The van der Waals surface area contributed by atoms with Crippen LogP contribution in [-0.4, -0.2) is 62.1 Å². The zero-order chi connectivity index (χ0) is 12.8. The summed E-state index contributed by atoms with van der Waals surface area (Å²) in [7, 11) is 2.13. The number of likely N-dealkylation sites (N-methyl/N-ethyl adjacent to an activating group) is 1. The van der Waals surface area contributed by atoms with Gasteiger partial charge in [-0.3, -0.25) is 4.90 Å². The molecule has 18 heavy (non-hydrogen) atoms. The van der Waals surface area contributed by atoms with Crippen molar-refractivity contribution in [3.8, 4) is 0 Å². The standard InChI is InChI=1S/C14H20N2O2/c1-15-7-9-16(10-8-15)11-12-18-14(17)13-5-3-2-4-6-13/h2-6H,7-12H2,1H3. The fraction of sp³-hybridized carbons (Fsp3) is 0.500. The van der Waals surface area contributed by atoms with Crippen LogP contribution in [0.4, 0.5) is 0 Å². The van der Waals surface area contributed by atoms with Gasteiger partial charge in [-0.25, -0.2) is 4.79 Å². The van der Waals surface area contributed by atoms with Crippen LogP contribution >= 0.6 is 0 Å². The molecule has 1 aromatic carbocycles. The summed E-state index contributed by atoms with van der Waals surface area (Å²) in [6, 6.07) is 9.13. The maximum Gasteiger partial charge on any atom is 0.338 e. The van der Waals surface area contributed by atoms with Crippen molar-refractivity contribution >= 4 is 5.97 Å². The minimum atomic E-state index is -0.232. The molecule has 0 N–H and O–H groups in total. The van der Waals surface area contributed by atoms with E-state index in [-0.39, 0.29) is 5.97 Å². The number of esters is 1. The molecule has 1 aliphatic heterocycles. The quantitative estimate of drug-likeness (QED) is 0.747. The van der Waals surface area contributed by atoms with Gasteiger partial charge in [0.05, 0.1) is 5.56 Å². The number of hydrogen-bond acceptors (Lipinski definition) is 4. The second kappa shape index (κ2) is 6.52. The Labute approximate surface area is 108 Å². The molecule has 0 saturated carbocycles. The molecule has 98 valence electrons. The second-order valence-corrected chi connectivity index (χ2v) is 4.65. The van der Waals surface area contributed by atoms with Gasteiger partial charge in [0.2, 0.25) is 0 Å². The van der Waals surface area contributed by atoms with Crippen molar-refractivity contribution in [2.45, 2.75) is 0 Å². The Morgan fingerprint density at radius 2 is 1.83 bits per heavy atom. The monoisotopic (exact) mass is 248 g/mol. The van der Waals surface area contributed by atoms with E-state index >= 15 is 0 Å². The molecule has 0 bridgehead atoms. The lowest BCUT2D eigenvalue weighted by molar-refractivity contribution is 0.0432. The SMILES string of the molecule is CN1CCN(CCOC(=O)c2ccccc2)CC1. The lowest BCUT2D eigenvalue weighted by Crippen LogP contribution is -2.45. The molecule has 0 unspecified atom stereocenters. The smallest absolute Gasteiger partial charge is 0.338 e. The van der Waals surface area contributed by atoms with Gasteiger partial charge in [-0.05, 0) is 19.2 Å². The Morgan fingerprint density at radius 1 is 1.17 bits per heavy atom. The molecule has 4 nitrogen and oxygen atoms in total. The summed E-state index contributed by atoms with van der Waals surface area (Å²) in [5.41, 5.74) is 0.621. The number of ether oxygens (including phenoxy) is 1. The predicted molar refractivity (Wildman–Crippen MR) is 70.7 cm³/mol. The van der Waals surface area contributed by atoms with E-state index in [0.29, 0.717) is 12.2 Å². The molecule has 4 heteroatoms. The van der Waals surface area contributed by atoms with Crippen LogP contribution in [0.25, 0.3) is 0 Å². The van der Waals surface area contributed by atoms with Gasteiger partial charge in [0, 0.05) is 32.7 Å². The van der Waals surface area contributed by atoms with Crippen molar-refractivity contribution in [1.82, 2.24) is 9.80 Å². The third kappa shape index (κ3) is 3.82. The third-order valence-corrected chi connectivity index (χ3v) is 3.25. The number of rotatable bonds is 4. The van der Waals surface area contributed by atoms with E-state index in [2.05, 4.69) is 16.8 Å². The van der Waals surface area contributed by atoms with E-state index < -0.39 is 0 Å². The summed E-state index contributed by atoms with van der Waals surface area (Å²) in [6.07, 6.45) is 0. The van der Waals surface area contributed by atoms with E-state index in [0.717, 1.165) is 32.7 Å². The molecule has 1 heterocycles. The molecule has 1 aliphatic rings. The van der Waals surface area contributed by atoms with Crippen molar-refractivity contribution in [1.29, 1.82) is 0 Å². The van der Waals surface area contributed by atoms with Crippen molar-refractivity contribution in [3.05, 3.63) is 35.9 Å². The highest BCUT2D eigenvalue weighted by molar-refractivity contribution is 5.89. The van der Waals surface area contributed by atoms with Crippen molar-refractivity contribution in [2.24, 2.45) is 0 Å². The summed E-state index contributed by atoms with van der Waals surface area (Å²) in [5, 5.41) is 0. The van der Waals surface area contributed by atoms with Crippen LogP contribution in [0.5, 0.6) is 0 Å². The van der Waals surface area contributed by atoms with Crippen molar-refractivity contribution in [2.75, 3.05) is 46.4 Å². The highest BCUT2D eigenvalue weighted by atomic mass is 16.5. The van der Waals surface area contributed by atoms with Gasteiger partial charge in [0.1, 0.15) is 6.61 Å². The first-order valence-corrected chi connectivity index (χ1v) is 6.39. The van der Waals surface area contributed by atoms with Gasteiger partial charge in [-0.15, -0.1) is 0 Å². The number of benzene rings is 1. The van der Waals surface area contributed by atoms with Crippen LogP contribution < -0.4 is 0 Å². The van der Waals surface area contributed by atoms with Gasteiger partial charge in [0.15, 0.2) is 0 Å². The first-order valence-electron chi connectivity index (χ1n) is 6.39.